The number of benzene rings is 3. The molecule has 10 nitrogen and oxygen atoms in total. The number of unbranched alkanes of at least 4 members (excludes halogenated alkanes) is 1. The number of methoxy groups -OCH3 is 1. The molecule has 10 heteroatoms. The van der Waals surface area contributed by atoms with E-state index in [0.717, 1.165) is 37.7 Å². The van der Waals surface area contributed by atoms with Crippen LogP contribution in [-0.2, 0) is 15.6 Å². The fraction of sp³-hybridized carbons (Fsp3) is 0.400. The summed E-state index contributed by atoms with van der Waals surface area (Å²) in [5.41, 5.74) is 3.37. The first kappa shape index (κ1) is 42.1. The van der Waals surface area contributed by atoms with Crippen LogP contribution in [0.25, 0.3) is 0 Å². The SMILES string of the molecule is CCCCC(Oc1ccc(C(C)(CC)CC)cc1C(C)(C)CC)C(=O)Nc1cc(O)c(NC(=O)NC2=CC=C(C#N)C=CC2)cc1Oc1ccc(OC)cc1. The Morgan fingerprint density at radius 2 is 1.58 bits per heavy atom. The van der Waals surface area contributed by atoms with E-state index in [4.69, 9.17) is 14.2 Å². The molecule has 0 bridgehead atoms. The average molecular weight is 749 g/mol. The predicted molar refractivity (Wildman–Crippen MR) is 219 cm³/mol. The lowest BCUT2D eigenvalue weighted by atomic mass is 9.74. The van der Waals surface area contributed by atoms with Crippen LogP contribution in [0.3, 0.4) is 0 Å². The van der Waals surface area contributed by atoms with Gasteiger partial charge in [0.15, 0.2) is 11.9 Å². The van der Waals surface area contributed by atoms with Gasteiger partial charge in [-0.3, -0.25) is 4.79 Å². The zero-order valence-corrected chi connectivity index (χ0v) is 33.5. The van der Waals surface area contributed by atoms with Crippen molar-refractivity contribution in [1.29, 1.82) is 5.26 Å². The first-order valence-electron chi connectivity index (χ1n) is 19.2. The number of allylic oxidation sites excluding steroid dienone is 5. The number of hydrogen-bond donors (Lipinski definition) is 4. The minimum Gasteiger partial charge on any atom is -0.506 e. The molecule has 1 atom stereocenters. The third-order valence-corrected chi connectivity index (χ3v) is 10.6. The standard InChI is InChI=1S/C45H56N4O6/c1-9-13-17-40(55-39-25-19-31(45(7,11-3)12-4)26-35(39)44(5,6)10-2)42(51)48-37-27-38(50)36(28-41(37)54-34-23-21-33(53-8)22-24-34)49-43(52)47-32-16-14-15-30(29-46)18-20-32/h14-15,18-28,40,50H,9-13,16-17H2,1-8H3,(H,48,51)(H2,47,49,52). The Labute approximate surface area is 326 Å². The van der Waals surface area contributed by atoms with E-state index in [2.05, 4.69) is 82.6 Å². The summed E-state index contributed by atoms with van der Waals surface area (Å²) in [4.78, 5) is 27.3. The zero-order valence-electron chi connectivity index (χ0n) is 33.5. The maximum absolute atomic E-state index is 14.2. The van der Waals surface area contributed by atoms with E-state index in [-0.39, 0.29) is 33.7 Å². The third-order valence-electron chi connectivity index (χ3n) is 10.6. The predicted octanol–water partition coefficient (Wildman–Crippen LogP) is 10.9. The number of phenols is 1. The Balaban J connectivity index is 1.68. The van der Waals surface area contributed by atoms with Gasteiger partial charge in [-0.2, -0.15) is 5.26 Å². The third kappa shape index (κ3) is 10.9. The van der Waals surface area contributed by atoms with Crippen LogP contribution in [0.1, 0.15) is 105 Å². The molecule has 3 aromatic carbocycles. The van der Waals surface area contributed by atoms with Crippen molar-refractivity contribution in [2.75, 3.05) is 17.7 Å². The molecule has 1 aliphatic rings. The van der Waals surface area contributed by atoms with Crippen LogP contribution in [0.4, 0.5) is 16.2 Å². The summed E-state index contributed by atoms with van der Waals surface area (Å²) in [6.07, 6.45) is 11.2. The van der Waals surface area contributed by atoms with E-state index in [0.29, 0.717) is 41.4 Å². The highest BCUT2D eigenvalue weighted by Gasteiger charge is 2.31. The number of urea groups is 1. The molecule has 3 amide bonds. The van der Waals surface area contributed by atoms with Gasteiger partial charge in [-0.05, 0) is 97.1 Å². The molecule has 1 aliphatic carbocycles. The Morgan fingerprint density at radius 1 is 0.873 bits per heavy atom. The van der Waals surface area contributed by atoms with Crippen LogP contribution in [0.5, 0.6) is 28.7 Å². The molecule has 0 saturated carbocycles. The number of aromatic hydroxyl groups is 1. The molecule has 4 N–H and O–H groups in total. The molecule has 0 heterocycles. The summed E-state index contributed by atoms with van der Waals surface area (Å²) in [6.45, 7) is 15.3. The molecule has 55 heavy (non-hydrogen) atoms. The van der Waals surface area contributed by atoms with Crippen LogP contribution in [0.2, 0.25) is 0 Å². The van der Waals surface area contributed by atoms with Crippen molar-refractivity contribution in [2.24, 2.45) is 0 Å². The fourth-order valence-electron chi connectivity index (χ4n) is 6.10. The van der Waals surface area contributed by atoms with Crippen LogP contribution in [-0.4, -0.2) is 30.3 Å². The van der Waals surface area contributed by atoms with Crippen molar-refractivity contribution in [3.8, 4) is 34.8 Å². The van der Waals surface area contributed by atoms with Crippen LogP contribution < -0.4 is 30.2 Å². The molecule has 0 fully saturated rings. The molecule has 1 unspecified atom stereocenters. The van der Waals surface area contributed by atoms with Crippen molar-refractivity contribution in [3.63, 3.8) is 0 Å². The zero-order chi connectivity index (χ0) is 40.2. The lowest BCUT2D eigenvalue weighted by molar-refractivity contribution is -0.123. The Hall–Kier alpha value is -5.69. The van der Waals surface area contributed by atoms with Gasteiger partial charge in [0, 0.05) is 29.8 Å². The number of ether oxygens (including phenoxy) is 3. The van der Waals surface area contributed by atoms with Gasteiger partial charge < -0.3 is 35.3 Å². The molecule has 0 aliphatic heterocycles. The minimum atomic E-state index is -0.849. The first-order valence-corrected chi connectivity index (χ1v) is 19.2. The van der Waals surface area contributed by atoms with E-state index in [1.165, 1.54) is 17.7 Å². The van der Waals surface area contributed by atoms with Crippen molar-refractivity contribution in [2.45, 2.75) is 110 Å². The average Bonchev–Trinajstić information content (AvgIpc) is 3.42. The monoisotopic (exact) mass is 748 g/mol. The smallest absolute Gasteiger partial charge is 0.323 e. The van der Waals surface area contributed by atoms with Gasteiger partial charge in [0.1, 0.15) is 23.0 Å². The van der Waals surface area contributed by atoms with E-state index in [1.807, 2.05) is 6.07 Å². The van der Waals surface area contributed by atoms with Gasteiger partial charge in [0.25, 0.3) is 5.91 Å². The van der Waals surface area contributed by atoms with Crippen molar-refractivity contribution >= 4 is 23.3 Å². The molecule has 3 aromatic rings. The van der Waals surface area contributed by atoms with Crippen molar-refractivity contribution in [3.05, 3.63) is 101 Å². The van der Waals surface area contributed by atoms with Crippen LogP contribution in [0, 0.1) is 11.3 Å². The van der Waals surface area contributed by atoms with Crippen LogP contribution in [0.15, 0.2) is 90.2 Å². The highest BCUT2D eigenvalue weighted by molar-refractivity contribution is 5.98. The number of nitriles is 1. The molecule has 0 aromatic heterocycles. The van der Waals surface area contributed by atoms with Gasteiger partial charge in [-0.15, -0.1) is 0 Å². The molecule has 0 saturated heterocycles. The van der Waals surface area contributed by atoms with Gasteiger partial charge >= 0.3 is 6.03 Å². The molecule has 0 radical (unpaired) electrons. The molecule has 4 rings (SSSR count). The maximum Gasteiger partial charge on any atom is 0.323 e. The molecular weight excluding hydrogens is 693 g/mol. The lowest BCUT2D eigenvalue weighted by Crippen LogP contribution is -2.34. The number of phenolic OH excluding ortho intramolecular Hbond substituents is 1. The van der Waals surface area contributed by atoms with Crippen molar-refractivity contribution in [1.82, 2.24) is 5.32 Å². The van der Waals surface area contributed by atoms with E-state index in [9.17, 15) is 20.0 Å². The van der Waals surface area contributed by atoms with E-state index >= 15 is 0 Å². The molecule has 0 spiro atoms. The number of nitrogens with zero attached hydrogens (tertiary/aromatic N) is 1. The summed E-state index contributed by atoms with van der Waals surface area (Å²) in [5.74, 6) is 1.22. The second-order valence-electron chi connectivity index (χ2n) is 14.7. The van der Waals surface area contributed by atoms with E-state index < -0.39 is 18.0 Å². The number of amides is 3. The summed E-state index contributed by atoms with van der Waals surface area (Å²) in [6, 6.07) is 17.5. The van der Waals surface area contributed by atoms with Gasteiger partial charge in [-0.1, -0.05) is 73.1 Å². The van der Waals surface area contributed by atoms with Crippen molar-refractivity contribution < 1.29 is 28.9 Å². The number of anilines is 2. The Morgan fingerprint density at radius 3 is 2.22 bits per heavy atom. The van der Waals surface area contributed by atoms with Crippen LogP contribution >= 0.6 is 0 Å². The normalized spacial score (nSPS) is 13.4. The second kappa shape index (κ2) is 19.1. The highest BCUT2D eigenvalue weighted by Crippen LogP contribution is 2.42. The number of hydrogen-bond acceptors (Lipinski definition) is 7. The summed E-state index contributed by atoms with van der Waals surface area (Å²) < 4.78 is 18.2. The number of nitrogens with one attached hydrogen (secondary N) is 3. The van der Waals surface area contributed by atoms with Gasteiger partial charge in [-0.25, -0.2) is 4.79 Å². The lowest BCUT2D eigenvalue weighted by Gasteiger charge is -2.33. The minimum absolute atomic E-state index is 0.0172. The number of rotatable bonds is 17. The topological polar surface area (TPSA) is 142 Å². The Bertz CT molecular complexity index is 1950. The quantitative estimate of drug-likeness (QED) is 0.101. The van der Waals surface area contributed by atoms with Gasteiger partial charge in [0.05, 0.1) is 30.1 Å². The largest absolute Gasteiger partial charge is 0.506 e. The summed E-state index contributed by atoms with van der Waals surface area (Å²) in [7, 11) is 1.57. The van der Waals surface area contributed by atoms with E-state index in [1.54, 1.807) is 55.7 Å². The number of carbonyl (C=O) groups is 2. The highest BCUT2D eigenvalue weighted by atomic mass is 16.5. The summed E-state index contributed by atoms with van der Waals surface area (Å²) in [5, 5.41) is 28.8. The molecular formula is C45H56N4O6. The first-order chi connectivity index (χ1) is 26.3. The fourth-order valence-corrected chi connectivity index (χ4v) is 6.10. The summed E-state index contributed by atoms with van der Waals surface area (Å²) >= 11 is 0. The second-order valence-corrected chi connectivity index (χ2v) is 14.7. The maximum atomic E-state index is 14.2. The molecule has 292 valence electrons. The Kier molecular flexibility index (Phi) is 14.6. The van der Waals surface area contributed by atoms with Gasteiger partial charge in [0.2, 0.25) is 0 Å². The number of carbonyl (C=O) groups excluding carboxylic acids is 2.